The maximum absolute atomic E-state index is 6.42. The van der Waals surface area contributed by atoms with Gasteiger partial charge in [-0.05, 0) is 111 Å². The van der Waals surface area contributed by atoms with Crippen molar-refractivity contribution in [1.29, 1.82) is 0 Å². The van der Waals surface area contributed by atoms with Gasteiger partial charge < -0.3 is 9.26 Å². The van der Waals surface area contributed by atoms with Crippen LogP contribution in [0.3, 0.4) is 0 Å². The summed E-state index contributed by atoms with van der Waals surface area (Å²) in [4.78, 5) is 0. The monoisotopic (exact) mass is 691 g/mol. The molecule has 0 fully saturated rings. The Morgan fingerprint density at radius 3 is 1.56 bits per heavy atom. The van der Waals surface area contributed by atoms with Gasteiger partial charge in [-0.1, -0.05) is 64.7 Å². The van der Waals surface area contributed by atoms with E-state index < -0.39 is 18.6 Å². The molecule has 2 aromatic carbocycles. The number of benzene rings is 2. The molecule has 0 saturated carbocycles. The lowest BCUT2D eigenvalue weighted by Crippen LogP contribution is -1.96. The molecule has 216 valence electrons. The topological polar surface area (TPSA) is 80.3 Å². The van der Waals surface area contributed by atoms with Crippen LogP contribution in [0.4, 0.5) is 11.4 Å². The fraction of sp³-hybridized carbons (Fsp3) is 0.500. The van der Waals surface area contributed by atoms with Gasteiger partial charge >= 0.3 is 6.78 Å². The molecule has 1 heterocycles. The number of nitrogens with zero attached hydrogens (tertiary/aromatic N) is 5. The summed E-state index contributed by atoms with van der Waals surface area (Å²) in [5, 5.41) is 8.53. The van der Waals surface area contributed by atoms with Gasteiger partial charge in [-0.15, -0.1) is 0 Å². The average Bonchev–Trinajstić information content (AvgIpc) is 2.85. The standard InChI is InChI=1S/C24H33Cl5N5O2P3/c1-2-3-4-5-6-7-8-9-10-11-20-35-23-16-12-21(13-17-23)30-31-22-14-18-24(19-15-22)36-39(29)33-37(25,26)32-38(27,28)34-39/h12-19H,2-11,20H2,1H3. The molecule has 1 aliphatic rings. The highest BCUT2D eigenvalue weighted by Crippen LogP contribution is 2.86. The Kier molecular flexibility index (Phi) is 14.0. The summed E-state index contributed by atoms with van der Waals surface area (Å²) >= 11 is 30.7. The Morgan fingerprint density at radius 1 is 0.590 bits per heavy atom. The van der Waals surface area contributed by atoms with Gasteiger partial charge in [0.15, 0.2) is 0 Å². The first-order valence-electron chi connectivity index (χ1n) is 12.9. The highest BCUT2D eigenvalue weighted by molar-refractivity contribution is 8.22. The molecule has 0 amide bonds. The van der Waals surface area contributed by atoms with Gasteiger partial charge in [0.2, 0.25) is 0 Å². The van der Waals surface area contributed by atoms with E-state index in [1.54, 1.807) is 24.3 Å². The molecule has 2 aromatic rings. The number of hydrogen-bond donors (Lipinski definition) is 0. The van der Waals surface area contributed by atoms with E-state index in [4.69, 9.17) is 65.5 Å². The molecule has 1 aliphatic heterocycles. The molecule has 15 heteroatoms. The highest BCUT2D eigenvalue weighted by Gasteiger charge is 2.34. The van der Waals surface area contributed by atoms with Crippen molar-refractivity contribution in [2.75, 3.05) is 6.61 Å². The van der Waals surface area contributed by atoms with E-state index in [-0.39, 0.29) is 0 Å². The van der Waals surface area contributed by atoms with Crippen LogP contribution in [-0.2, 0) is 0 Å². The second-order valence-electron chi connectivity index (χ2n) is 8.96. The van der Waals surface area contributed by atoms with Crippen LogP contribution < -0.4 is 9.26 Å². The van der Waals surface area contributed by atoms with Gasteiger partial charge in [0.05, 0.1) is 18.0 Å². The van der Waals surface area contributed by atoms with E-state index in [1.807, 2.05) is 24.3 Å². The summed E-state index contributed by atoms with van der Waals surface area (Å²) in [6.45, 7) is -0.317. The average molecular weight is 694 g/mol. The third kappa shape index (κ3) is 13.1. The van der Waals surface area contributed by atoms with E-state index >= 15 is 0 Å². The Labute approximate surface area is 255 Å². The van der Waals surface area contributed by atoms with Crippen molar-refractivity contribution >= 4 is 86.2 Å². The van der Waals surface area contributed by atoms with Crippen LogP contribution in [0.5, 0.6) is 11.5 Å². The van der Waals surface area contributed by atoms with Crippen LogP contribution in [-0.4, -0.2) is 6.61 Å². The number of rotatable bonds is 16. The Morgan fingerprint density at radius 2 is 1.05 bits per heavy atom. The third-order valence-corrected chi connectivity index (χ3v) is 17.5. The first-order valence-corrected chi connectivity index (χ1v) is 22.4. The molecule has 0 saturated heterocycles. The number of hydrogen-bond acceptors (Lipinski definition) is 7. The molecule has 1 unspecified atom stereocenters. The van der Waals surface area contributed by atoms with Crippen molar-refractivity contribution in [3.05, 3.63) is 48.5 Å². The van der Waals surface area contributed by atoms with Crippen LogP contribution in [0, 0.1) is 0 Å². The zero-order chi connectivity index (χ0) is 28.2. The maximum atomic E-state index is 6.42. The van der Waals surface area contributed by atoms with Gasteiger partial charge in [-0.2, -0.15) is 23.8 Å². The molecule has 0 spiro atoms. The van der Waals surface area contributed by atoms with Gasteiger partial charge in [0, 0.05) is 0 Å². The van der Waals surface area contributed by atoms with E-state index in [1.165, 1.54) is 57.8 Å². The molecule has 3 rings (SSSR count). The molecule has 0 N–H and O–H groups in total. The summed E-state index contributed by atoms with van der Waals surface area (Å²) in [6, 6.07) is 14.3. The van der Waals surface area contributed by atoms with Crippen molar-refractivity contribution in [3.63, 3.8) is 0 Å². The third-order valence-electron chi connectivity index (χ3n) is 5.59. The van der Waals surface area contributed by atoms with Crippen LogP contribution in [0.2, 0.25) is 0 Å². The van der Waals surface area contributed by atoms with E-state index in [0.29, 0.717) is 17.1 Å². The molecular formula is C24H33Cl5N5O2P3. The molecule has 0 radical (unpaired) electrons. The van der Waals surface area contributed by atoms with Crippen LogP contribution in [0.15, 0.2) is 72.3 Å². The van der Waals surface area contributed by atoms with Crippen LogP contribution in [0.25, 0.3) is 0 Å². The molecule has 0 aliphatic carbocycles. The molecule has 7 nitrogen and oxygen atoms in total. The van der Waals surface area contributed by atoms with Crippen molar-refractivity contribution < 1.29 is 9.26 Å². The summed E-state index contributed by atoms with van der Waals surface area (Å²) < 4.78 is 23.6. The minimum Gasteiger partial charge on any atom is -0.494 e. The molecule has 1 atom stereocenters. The zero-order valence-corrected chi connectivity index (χ0v) is 28.1. The smallest absolute Gasteiger partial charge is 0.350 e. The van der Waals surface area contributed by atoms with Gasteiger partial charge in [-0.25, -0.2) is 0 Å². The number of unbranched alkanes of at least 4 members (excludes halogenated alkanes) is 9. The van der Waals surface area contributed by atoms with Gasteiger partial charge in [-0.3, -0.25) is 0 Å². The number of azo groups is 1. The van der Waals surface area contributed by atoms with E-state index in [0.717, 1.165) is 18.8 Å². The summed E-state index contributed by atoms with van der Waals surface area (Å²) in [7, 11) is 0. The second-order valence-corrected chi connectivity index (χ2v) is 22.1. The minimum absolute atomic E-state index is 0.386. The first-order chi connectivity index (χ1) is 18.6. The molecule has 0 aromatic heterocycles. The van der Waals surface area contributed by atoms with Crippen molar-refractivity contribution in [1.82, 2.24) is 0 Å². The SMILES string of the molecule is CCCCCCCCCCCCOc1ccc(N=Nc2ccc(OP3(Cl)=NP(Cl)(Cl)=NP(Cl)(Cl)=N3)cc2)cc1. The van der Waals surface area contributed by atoms with Gasteiger partial charge in [0.1, 0.15) is 11.5 Å². The lowest BCUT2D eigenvalue weighted by Gasteiger charge is -2.21. The molecule has 0 bridgehead atoms. The predicted molar refractivity (Wildman–Crippen MR) is 172 cm³/mol. The van der Waals surface area contributed by atoms with Gasteiger partial charge in [0.25, 0.3) is 11.8 Å². The Bertz CT molecular complexity index is 1240. The fourth-order valence-corrected chi connectivity index (χ4v) is 20.2. The summed E-state index contributed by atoms with van der Waals surface area (Å²) in [5.41, 5.74) is 1.33. The number of halogens is 5. The van der Waals surface area contributed by atoms with E-state index in [2.05, 4.69) is 30.7 Å². The van der Waals surface area contributed by atoms with Crippen molar-refractivity contribution in [2.45, 2.75) is 71.1 Å². The van der Waals surface area contributed by atoms with Crippen LogP contribution >= 0.6 is 74.8 Å². The minimum atomic E-state index is -3.30. The lowest BCUT2D eigenvalue weighted by molar-refractivity contribution is 0.304. The van der Waals surface area contributed by atoms with Crippen molar-refractivity contribution in [3.8, 4) is 11.5 Å². The van der Waals surface area contributed by atoms with E-state index in [9.17, 15) is 0 Å². The Balaban J connectivity index is 1.40. The second kappa shape index (κ2) is 16.4. The highest BCUT2D eigenvalue weighted by atomic mass is 35.9. The maximum Gasteiger partial charge on any atom is 0.350 e. The quantitative estimate of drug-likeness (QED) is 0.0996. The largest absolute Gasteiger partial charge is 0.494 e. The zero-order valence-electron chi connectivity index (χ0n) is 21.7. The first kappa shape index (κ1) is 33.3. The Hall–Kier alpha value is -0.220. The normalized spacial score (nSPS) is 19.6. The lowest BCUT2D eigenvalue weighted by atomic mass is 10.1. The molecule has 39 heavy (non-hydrogen) atoms. The molecular weight excluding hydrogens is 660 g/mol. The summed E-state index contributed by atoms with van der Waals surface area (Å²) in [6.07, 6.45) is 13.1. The van der Waals surface area contributed by atoms with Crippen molar-refractivity contribution in [2.24, 2.45) is 23.8 Å². The number of ether oxygens (including phenoxy) is 1. The fourth-order valence-electron chi connectivity index (χ4n) is 3.70. The predicted octanol–water partition coefficient (Wildman–Crippen LogP) is 14.8. The van der Waals surface area contributed by atoms with Crippen LogP contribution in [0.1, 0.15) is 71.1 Å². The summed E-state index contributed by atoms with van der Waals surface area (Å²) in [5.74, 6) is -5.10.